The lowest BCUT2D eigenvalue weighted by atomic mass is 10.0. The maximum atomic E-state index is 15.5. The molecule has 38 heavy (non-hydrogen) atoms. The van der Waals surface area contributed by atoms with E-state index in [9.17, 15) is 9.59 Å². The molecule has 3 aromatic carbocycles. The Kier molecular flexibility index (Phi) is 6.87. The van der Waals surface area contributed by atoms with Crippen molar-refractivity contribution in [2.24, 2.45) is 0 Å². The van der Waals surface area contributed by atoms with Crippen LogP contribution in [0.5, 0.6) is 5.75 Å². The van der Waals surface area contributed by atoms with Crippen LogP contribution in [0.2, 0.25) is 0 Å². The summed E-state index contributed by atoms with van der Waals surface area (Å²) in [6, 6.07) is 15.1. The Balaban J connectivity index is 1.42. The molecule has 1 aliphatic rings. The molecule has 0 saturated carbocycles. The number of aromatic carboxylic acids is 1. The summed E-state index contributed by atoms with van der Waals surface area (Å²) in [5, 5.41) is 12.5. The van der Waals surface area contributed by atoms with Crippen molar-refractivity contribution in [1.29, 1.82) is 0 Å². The Morgan fingerprint density at radius 3 is 2.79 bits per heavy atom. The molecule has 0 radical (unpaired) electrons. The Hall–Kier alpha value is -4.60. The van der Waals surface area contributed by atoms with Gasteiger partial charge in [0.2, 0.25) is 5.91 Å². The van der Waals surface area contributed by atoms with Crippen LogP contribution in [0.15, 0.2) is 71.5 Å². The second-order valence-corrected chi connectivity index (χ2v) is 9.24. The maximum absolute atomic E-state index is 15.5. The second-order valence-electron chi connectivity index (χ2n) is 9.24. The van der Waals surface area contributed by atoms with Crippen molar-refractivity contribution < 1.29 is 28.2 Å². The standard InChI is InChI=1S/C28H27FN4O5/c1-16-5-2-3-6-20(16)32-25(17-8-10-21-24(14-17)37-15-31-21)27(34)33-12-4-7-22(33)26(29)38-23-11-9-18(28(35)36)13-19(23)30/h2-3,5-6,8-11,13-15,22,25-26,32H,4,7,12,30H2,1H3,(H,35,36)/t22-,25?,26?/m0/s1. The molecular formula is C28H27FN4O5. The summed E-state index contributed by atoms with van der Waals surface area (Å²) in [5.41, 5.74) is 9.46. The quantitative estimate of drug-likeness (QED) is 0.280. The summed E-state index contributed by atoms with van der Waals surface area (Å²) in [4.78, 5) is 30.8. The van der Waals surface area contributed by atoms with E-state index in [-0.39, 0.29) is 22.9 Å². The molecule has 1 saturated heterocycles. The van der Waals surface area contributed by atoms with Gasteiger partial charge >= 0.3 is 5.97 Å². The molecule has 4 N–H and O–H groups in total. The van der Waals surface area contributed by atoms with Crippen LogP contribution < -0.4 is 15.8 Å². The van der Waals surface area contributed by atoms with E-state index in [4.69, 9.17) is 20.0 Å². The minimum Gasteiger partial charge on any atom is -0.478 e. The van der Waals surface area contributed by atoms with E-state index in [0.717, 1.165) is 11.3 Å². The van der Waals surface area contributed by atoms with Gasteiger partial charge in [-0.15, -0.1) is 0 Å². The average molecular weight is 519 g/mol. The molecule has 0 aliphatic carbocycles. The van der Waals surface area contributed by atoms with Crippen LogP contribution in [0.25, 0.3) is 11.1 Å². The minimum absolute atomic E-state index is 0.00267. The molecule has 5 rings (SSSR count). The molecule has 0 spiro atoms. The van der Waals surface area contributed by atoms with E-state index in [2.05, 4.69) is 10.3 Å². The number of amides is 1. The van der Waals surface area contributed by atoms with Gasteiger partial charge in [0.05, 0.1) is 17.3 Å². The number of benzene rings is 3. The maximum Gasteiger partial charge on any atom is 0.335 e. The van der Waals surface area contributed by atoms with Crippen molar-refractivity contribution >= 4 is 34.4 Å². The van der Waals surface area contributed by atoms with E-state index in [0.29, 0.717) is 36.0 Å². The lowest BCUT2D eigenvalue weighted by Crippen LogP contribution is -2.46. The van der Waals surface area contributed by atoms with Gasteiger partial charge in [0.25, 0.3) is 6.36 Å². The summed E-state index contributed by atoms with van der Waals surface area (Å²) in [7, 11) is 0. The number of aryl methyl sites for hydroxylation is 1. The van der Waals surface area contributed by atoms with Crippen LogP contribution in [-0.4, -0.2) is 45.8 Å². The van der Waals surface area contributed by atoms with Gasteiger partial charge in [-0.1, -0.05) is 24.3 Å². The molecule has 1 amide bonds. The number of hydrogen-bond donors (Lipinski definition) is 3. The van der Waals surface area contributed by atoms with Gasteiger partial charge in [-0.3, -0.25) is 4.79 Å². The van der Waals surface area contributed by atoms with Gasteiger partial charge in [-0.2, -0.15) is 4.39 Å². The zero-order valence-corrected chi connectivity index (χ0v) is 20.6. The van der Waals surface area contributed by atoms with Gasteiger partial charge < -0.3 is 30.2 Å². The molecule has 196 valence electrons. The SMILES string of the molecule is Cc1ccccc1NC(C(=O)N1CCC[C@H]1C(F)Oc1ccc(C(=O)O)cc1N)c1ccc2ncoc2c1. The second kappa shape index (κ2) is 10.4. The number of para-hydroxylation sites is 1. The highest BCUT2D eigenvalue weighted by Crippen LogP contribution is 2.33. The number of carbonyl (C=O) groups excluding carboxylic acids is 1. The first kappa shape index (κ1) is 25.1. The number of halogens is 1. The van der Waals surface area contributed by atoms with Crippen LogP contribution >= 0.6 is 0 Å². The normalized spacial score (nSPS) is 16.8. The number of nitrogens with one attached hydrogen (secondary N) is 1. The minimum atomic E-state index is -1.87. The number of anilines is 2. The lowest BCUT2D eigenvalue weighted by molar-refractivity contribution is -0.137. The molecule has 10 heteroatoms. The fourth-order valence-electron chi connectivity index (χ4n) is 4.72. The number of fused-ring (bicyclic) bond motifs is 1. The molecule has 2 heterocycles. The topological polar surface area (TPSA) is 131 Å². The van der Waals surface area contributed by atoms with Crippen LogP contribution in [0.1, 0.15) is 40.4 Å². The van der Waals surface area contributed by atoms with Crippen LogP contribution in [0, 0.1) is 6.92 Å². The first-order valence-corrected chi connectivity index (χ1v) is 12.2. The van der Waals surface area contributed by atoms with Gasteiger partial charge in [-0.05, 0) is 67.3 Å². The van der Waals surface area contributed by atoms with Gasteiger partial charge in [-0.25, -0.2) is 9.78 Å². The smallest absolute Gasteiger partial charge is 0.335 e. The number of oxazole rings is 1. The van der Waals surface area contributed by atoms with Crippen molar-refractivity contribution in [3.05, 3.63) is 83.7 Å². The fraction of sp³-hybridized carbons (Fsp3) is 0.250. The highest BCUT2D eigenvalue weighted by atomic mass is 19.1. The number of nitrogen functional groups attached to an aromatic ring is 1. The number of carbonyl (C=O) groups is 2. The van der Waals surface area contributed by atoms with Crippen molar-refractivity contribution in [1.82, 2.24) is 9.88 Å². The van der Waals surface area contributed by atoms with Crippen molar-refractivity contribution in [2.75, 3.05) is 17.6 Å². The Morgan fingerprint density at radius 2 is 2.03 bits per heavy atom. The Morgan fingerprint density at radius 1 is 1.21 bits per heavy atom. The molecule has 1 fully saturated rings. The number of carboxylic acid groups (broad SMARTS) is 1. The van der Waals surface area contributed by atoms with E-state index in [1.54, 1.807) is 18.2 Å². The van der Waals surface area contributed by atoms with Crippen molar-refractivity contribution in [3.8, 4) is 5.75 Å². The highest BCUT2D eigenvalue weighted by molar-refractivity contribution is 5.89. The largest absolute Gasteiger partial charge is 0.478 e. The van der Waals surface area contributed by atoms with Crippen molar-refractivity contribution in [2.45, 2.75) is 38.2 Å². The van der Waals surface area contributed by atoms with Crippen LogP contribution in [-0.2, 0) is 4.79 Å². The first-order valence-electron chi connectivity index (χ1n) is 12.2. The predicted molar refractivity (Wildman–Crippen MR) is 140 cm³/mol. The number of ether oxygens (including phenoxy) is 1. The fourth-order valence-corrected chi connectivity index (χ4v) is 4.72. The van der Waals surface area contributed by atoms with Crippen LogP contribution in [0.4, 0.5) is 15.8 Å². The number of likely N-dealkylation sites (tertiary alicyclic amines) is 1. The van der Waals surface area contributed by atoms with Crippen molar-refractivity contribution in [3.63, 3.8) is 0 Å². The van der Waals surface area contributed by atoms with E-state index in [1.807, 2.05) is 31.2 Å². The summed E-state index contributed by atoms with van der Waals surface area (Å²) in [5.74, 6) is -1.44. The van der Waals surface area contributed by atoms with Crippen LogP contribution in [0.3, 0.4) is 0 Å². The predicted octanol–water partition coefficient (Wildman–Crippen LogP) is 4.94. The molecule has 4 aromatic rings. The summed E-state index contributed by atoms with van der Waals surface area (Å²) < 4.78 is 26.5. The molecule has 1 aromatic heterocycles. The van der Waals surface area contributed by atoms with E-state index in [1.165, 1.54) is 29.5 Å². The number of aromatic nitrogens is 1. The van der Waals surface area contributed by atoms with Gasteiger partial charge in [0.1, 0.15) is 17.3 Å². The number of nitrogens with zero attached hydrogens (tertiary/aromatic N) is 2. The number of hydrogen-bond acceptors (Lipinski definition) is 7. The third kappa shape index (κ3) is 4.97. The number of carboxylic acids is 1. The molecule has 2 unspecified atom stereocenters. The number of alkyl halides is 1. The summed E-state index contributed by atoms with van der Waals surface area (Å²) in [6.45, 7) is 2.30. The summed E-state index contributed by atoms with van der Waals surface area (Å²) >= 11 is 0. The van der Waals surface area contributed by atoms with E-state index < -0.39 is 24.4 Å². The number of nitrogens with two attached hydrogens (primary N) is 1. The Labute approximate surface area is 218 Å². The zero-order chi connectivity index (χ0) is 26.8. The summed E-state index contributed by atoms with van der Waals surface area (Å²) in [6.07, 6.45) is 0.482. The number of rotatable bonds is 8. The van der Waals surface area contributed by atoms with E-state index >= 15 is 4.39 Å². The zero-order valence-electron chi connectivity index (χ0n) is 20.6. The first-order chi connectivity index (χ1) is 18.3. The molecule has 0 bridgehead atoms. The molecule has 1 aliphatic heterocycles. The highest BCUT2D eigenvalue weighted by Gasteiger charge is 2.40. The van der Waals surface area contributed by atoms with Gasteiger partial charge in [0.15, 0.2) is 12.0 Å². The third-order valence-electron chi connectivity index (χ3n) is 6.76. The monoisotopic (exact) mass is 518 g/mol. The van der Waals surface area contributed by atoms with Gasteiger partial charge in [0, 0.05) is 12.2 Å². The lowest BCUT2D eigenvalue weighted by Gasteiger charge is -2.32. The molecular weight excluding hydrogens is 491 g/mol. The average Bonchev–Trinajstić information content (AvgIpc) is 3.58. The third-order valence-corrected chi connectivity index (χ3v) is 6.76. The molecule has 3 atom stereocenters. The Bertz CT molecular complexity index is 1490. The molecule has 9 nitrogen and oxygen atoms in total.